The van der Waals surface area contributed by atoms with Gasteiger partial charge in [-0.15, -0.1) is 6.42 Å². The van der Waals surface area contributed by atoms with Gasteiger partial charge in [-0.1, -0.05) is 30.2 Å². The highest BCUT2D eigenvalue weighted by molar-refractivity contribution is 6.02. The van der Waals surface area contributed by atoms with Gasteiger partial charge < -0.3 is 15.0 Å². The summed E-state index contributed by atoms with van der Waals surface area (Å²) in [5.74, 6) is 1.68. The topological polar surface area (TPSA) is 66.4 Å². The van der Waals surface area contributed by atoms with Crippen LogP contribution in [0.5, 0.6) is 6.01 Å². The molecule has 10 heteroatoms. The SMILES string of the molecule is C#Cc1c(F)ccc2cccc(-c3ncc4c(N(C)[C@H]5CCN[C@H]5C)nc(OC[C@@]56CCCN5C[C@H](F)C6)nc4c3F)c12. The third kappa shape index (κ3) is 4.57. The molecule has 0 aliphatic carbocycles. The zero-order valence-corrected chi connectivity index (χ0v) is 24.2. The molecule has 0 bridgehead atoms. The van der Waals surface area contributed by atoms with E-state index in [1.807, 2.05) is 11.9 Å². The van der Waals surface area contributed by atoms with Crippen LogP contribution in [0.2, 0.25) is 0 Å². The van der Waals surface area contributed by atoms with Gasteiger partial charge in [0.15, 0.2) is 5.82 Å². The van der Waals surface area contributed by atoms with Gasteiger partial charge in [-0.3, -0.25) is 9.88 Å². The first kappa shape index (κ1) is 27.9. The van der Waals surface area contributed by atoms with Gasteiger partial charge >= 0.3 is 6.01 Å². The first-order chi connectivity index (χ1) is 20.8. The van der Waals surface area contributed by atoms with E-state index in [0.717, 1.165) is 32.4 Å². The Labute approximate surface area is 248 Å². The van der Waals surface area contributed by atoms with E-state index >= 15 is 4.39 Å². The lowest BCUT2D eigenvalue weighted by Gasteiger charge is -2.31. The number of fused-ring (bicyclic) bond motifs is 3. The van der Waals surface area contributed by atoms with Crippen molar-refractivity contribution in [2.45, 2.75) is 56.4 Å². The summed E-state index contributed by atoms with van der Waals surface area (Å²) in [6.07, 6.45) is 9.44. The second-order valence-corrected chi connectivity index (χ2v) is 12.1. The van der Waals surface area contributed by atoms with Gasteiger partial charge in [-0.25, -0.2) is 13.2 Å². The molecule has 7 nitrogen and oxygen atoms in total. The van der Waals surface area contributed by atoms with Crippen LogP contribution < -0.4 is 15.0 Å². The van der Waals surface area contributed by atoms with Crippen LogP contribution in [0.1, 0.15) is 38.2 Å². The van der Waals surface area contributed by atoms with Crippen molar-refractivity contribution in [3.8, 4) is 29.6 Å². The van der Waals surface area contributed by atoms with Crippen LogP contribution in [0.25, 0.3) is 32.9 Å². The molecule has 2 aromatic heterocycles. The van der Waals surface area contributed by atoms with E-state index in [4.69, 9.17) is 16.1 Å². The number of aromatic nitrogens is 3. The number of ether oxygens (including phenoxy) is 1. The Morgan fingerprint density at radius 3 is 2.88 bits per heavy atom. The Kier molecular flexibility index (Phi) is 6.90. The van der Waals surface area contributed by atoms with Crippen molar-refractivity contribution in [1.82, 2.24) is 25.2 Å². The maximum absolute atomic E-state index is 16.7. The highest BCUT2D eigenvalue weighted by atomic mass is 19.1. The van der Waals surface area contributed by atoms with E-state index in [1.165, 1.54) is 6.07 Å². The Morgan fingerprint density at radius 1 is 1.23 bits per heavy atom. The minimum atomic E-state index is -0.899. The van der Waals surface area contributed by atoms with Gasteiger partial charge in [-0.2, -0.15) is 9.97 Å². The van der Waals surface area contributed by atoms with E-state index in [-0.39, 0.29) is 41.5 Å². The normalized spacial score (nSPS) is 25.3. The van der Waals surface area contributed by atoms with Crippen LogP contribution in [-0.4, -0.2) is 76.9 Å². The molecule has 0 spiro atoms. The van der Waals surface area contributed by atoms with E-state index < -0.39 is 23.3 Å². The van der Waals surface area contributed by atoms with Crippen LogP contribution in [0.15, 0.2) is 36.5 Å². The number of rotatable bonds is 6. The van der Waals surface area contributed by atoms with Crippen LogP contribution in [0, 0.1) is 24.0 Å². The number of nitrogens with zero attached hydrogens (tertiary/aromatic N) is 5. The summed E-state index contributed by atoms with van der Waals surface area (Å²) in [5.41, 5.74) is 0.0586. The number of alkyl halides is 1. The number of benzene rings is 2. The summed E-state index contributed by atoms with van der Waals surface area (Å²) in [7, 11) is 1.93. The molecule has 2 aromatic carbocycles. The van der Waals surface area contributed by atoms with Gasteiger partial charge in [-0.05, 0) is 50.7 Å². The number of hydrogen-bond donors (Lipinski definition) is 1. The third-order valence-corrected chi connectivity index (χ3v) is 9.58. The molecule has 0 radical (unpaired) electrons. The molecule has 4 atom stereocenters. The Hall–Kier alpha value is -3.94. The number of pyridine rings is 1. The van der Waals surface area contributed by atoms with Crippen molar-refractivity contribution in [1.29, 1.82) is 0 Å². The third-order valence-electron chi connectivity index (χ3n) is 9.58. The molecule has 3 saturated heterocycles. The van der Waals surface area contributed by atoms with Gasteiger partial charge in [0.25, 0.3) is 0 Å². The summed E-state index contributed by atoms with van der Waals surface area (Å²) in [5, 5.41) is 4.97. The molecule has 1 N–H and O–H groups in total. The minimum absolute atomic E-state index is 0.00554. The van der Waals surface area contributed by atoms with Crippen molar-refractivity contribution < 1.29 is 17.9 Å². The van der Waals surface area contributed by atoms with Gasteiger partial charge in [0.05, 0.1) is 16.5 Å². The summed E-state index contributed by atoms with van der Waals surface area (Å²) >= 11 is 0. The summed E-state index contributed by atoms with van der Waals surface area (Å²) in [6, 6.07) is 8.49. The molecule has 0 unspecified atom stereocenters. The lowest BCUT2D eigenvalue weighted by molar-refractivity contribution is 0.107. The highest BCUT2D eigenvalue weighted by Gasteiger charge is 2.49. The lowest BCUT2D eigenvalue weighted by Crippen LogP contribution is -2.43. The van der Waals surface area contributed by atoms with Crippen LogP contribution in [0.4, 0.5) is 19.0 Å². The first-order valence-corrected chi connectivity index (χ1v) is 14.8. The molecule has 3 aliphatic heterocycles. The molecular weight excluding hydrogens is 553 g/mol. The largest absolute Gasteiger partial charge is 0.461 e. The molecule has 222 valence electrons. The molecule has 5 heterocycles. The number of terminal acetylenes is 1. The molecule has 0 saturated carbocycles. The first-order valence-electron chi connectivity index (χ1n) is 14.8. The number of anilines is 1. The fraction of sp³-hybridized carbons (Fsp3) is 0.424. The van der Waals surface area contributed by atoms with E-state index in [0.29, 0.717) is 40.5 Å². The van der Waals surface area contributed by atoms with Gasteiger partial charge in [0.2, 0.25) is 0 Å². The molecule has 3 aliphatic rings. The maximum Gasteiger partial charge on any atom is 0.319 e. The summed E-state index contributed by atoms with van der Waals surface area (Å²) < 4.78 is 52.0. The summed E-state index contributed by atoms with van der Waals surface area (Å²) in [4.78, 5) is 18.1. The Bertz CT molecular complexity index is 1780. The van der Waals surface area contributed by atoms with E-state index in [2.05, 4.69) is 33.0 Å². The fourth-order valence-electron chi connectivity index (χ4n) is 7.41. The second kappa shape index (κ2) is 10.6. The van der Waals surface area contributed by atoms with Crippen molar-refractivity contribution in [3.63, 3.8) is 0 Å². The number of nitrogens with one attached hydrogen (secondary N) is 1. The van der Waals surface area contributed by atoms with Gasteiger partial charge in [0.1, 0.15) is 35.6 Å². The molecule has 7 rings (SSSR count). The average molecular weight is 587 g/mol. The molecule has 4 aromatic rings. The standard InChI is InChI=1S/C33H33F3N6O/c1-4-22-25(35)10-9-20-7-5-8-23(27(20)22)29-28(36)30-24(16-38-29)31(41(3)26-11-13-37-19(26)2)40-32(39-30)43-18-33-12-6-14-42(33)17-21(34)15-33/h1,5,7-10,16,19,21,26,37H,6,11-15,17-18H2,2-3H3/t19-,21+,26-,33-/m0/s1. The van der Waals surface area contributed by atoms with E-state index in [1.54, 1.807) is 30.5 Å². The number of likely N-dealkylation sites (N-methyl/N-ethyl adjacent to an activating group) is 1. The Balaban J connectivity index is 1.37. The zero-order chi connectivity index (χ0) is 29.9. The van der Waals surface area contributed by atoms with Crippen LogP contribution in [-0.2, 0) is 0 Å². The van der Waals surface area contributed by atoms with Crippen LogP contribution in [0.3, 0.4) is 0 Å². The molecule has 0 amide bonds. The van der Waals surface area contributed by atoms with Crippen molar-refractivity contribution in [2.75, 3.05) is 38.2 Å². The Morgan fingerprint density at radius 2 is 2.09 bits per heavy atom. The molecule has 43 heavy (non-hydrogen) atoms. The smallest absolute Gasteiger partial charge is 0.319 e. The van der Waals surface area contributed by atoms with Crippen molar-refractivity contribution >= 4 is 27.5 Å². The van der Waals surface area contributed by atoms with Crippen molar-refractivity contribution in [3.05, 3.63) is 53.7 Å². The van der Waals surface area contributed by atoms with Gasteiger partial charge in [0, 0.05) is 49.2 Å². The highest BCUT2D eigenvalue weighted by Crippen LogP contribution is 2.41. The monoisotopic (exact) mass is 586 g/mol. The minimum Gasteiger partial charge on any atom is -0.461 e. The molecular formula is C33H33F3N6O. The fourth-order valence-corrected chi connectivity index (χ4v) is 7.41. The lowest BCUT2D eigenvalue weighted by atomic mass is 9.95. The second-order valence-electron chi connectivity index (χ2n) is 12.1. The number of halogens is 3. The van der Waals surface area contributed by atoms with E-state index in [9.17, 15) is 8.78 Å². The summed E-state index contributed by atoms with van der Waals surface area (Å²) in [6.45, 7) is 4.42. The number of hydrogen-bond acceptors (Lipinski definition) is 7. The quantitative estimate of drug-likeness (QED) is 0.310. The van der Waals surface area contributed by atoms with Crippen molar-refractivity contribution in [2.24, 2.45) is 0 Å². The molecule has 3 fully saturated rings. The zero-order valence-electron chi connectivity index (χ0n) is 24.2. The predicted octanol–water partition coefficient (Wildman–Crippen LogP) is 5.25. The average Bonchev–Trinajstić information content (AvgIpc) is 3.69. The van der Waals surface area contributed by atoms with Crippen LogP contribution >= 0.6 is 0 Å². The predicted molar refractivity (Wildman–Crippen MR) is 161 cm³/mol. The maximum atomic E-state index is 16.7.